The largest absolute Gasteiger partial charge is 0.395 e. The zero-order valence-electron chi connectivity index (χ0n) is 11.0. The van der Waals surface area contributed by atoms with E-state index in [1.807, 2.05) is 0 Å². The normalized spacial score (nSPS) is 15.1. The van der Waals surface area contributed by atoms with Crippen LogP contribution in [0.4, 0.5) is 5.95 Å². The summed E-state index contributed by atoms with van der Waals surface area (Å²) in [5, 5.41) is 4.03. The number of amides is 1. The number of rotatable bonds is 5. The van der Waals surface area contributed by atoms with Crippen molar-refractivity contribution in [3.63, 3.8) is 0 Å². The summed E-state index contributed by atoms with van der Waals surface area (Å²) >= 11 is 3.31. The SMILES string of the molecule is NC(=O)CCON=C1CCN(c2ncc(Br)cn2)CC1. The third-order valence-electron chi connectivity index (χ3n) is 2.86. The van der Waals surface area contributed by atoms with Crippen LogP contribution in [0.5, 0.6) is 0 Å². The summed E-state index contributed by atoms with van der Waals surface area (Å²) in [7, 11) is 0. The third kappa shape index (κ3) is 4.44. The lowest BCUT2D eigenvalue weighted by Crippen LogP contribution is -2.35. The molecule has 2 rings (SSSR count). The second kappa shape index (κ2) is 7.18. The van der Waals surface area contributed by atoms with E-state index in [-0.39, 0.29) is 18.9 Å². The van der Waals surface area contributed by atoms with Gasteiger partial charge in [-0.2, -0.15) is 0 Å². The van der Waals surface area contributed by atoms with Gasteiger partial charge in [0.2, 0.25) is 11.9 Å². The first-order chi connectivity index (χ1) is 9.65. The second-order valence-corrected chi connectivity index (χ2v) is 5.31. The number of primary amides is 1. The predicted molar refractivity (Wildman–Crippen MR) is 78.4 cm³/mol. The van der Waals surface area contributed by atoms with Gasteiger partial charge in [-0.05, 0) is 15.9 Å². The van der Waals surface area contributed by atoms with Crippen LogP contribution in [0.3, 0.4) is 0 Å². The summed E-state index contributed by atoms with van der Waals surface area (Å²) < 4.78 is 0.864. The van der Waals surface area contributed by atoms with Crippen LogP contribution in [0.1, 0.15) is 19.3 Å². The number of carbonyl (C=O) groups is 1. The Labute approximate surface area is 125 Å². The van der Waals surface area contributed by atoms with Gasteiger partial charge in [0.1, 0.15) is 6.61 Å². The molecule has 0 atom stereocenters. The molecule has 0 aromatic carbocycles. The van der Waals surface area contributed by atoms with Crippen LogP contribution < -0.4 is 10.6 Å². The molecule has 0 radical (unpaired) electrons. The average molecular weight is 342 g/mol. The maximum absolute atomic E-state index is 10.5. The Kier molecular flexibility index (Phi) is 5.28. The highest BCUT2D eigenvalue weighted by Crippen LogP contribution is 2.15. The number of piperidine rings is 1. The summed E-state index contributed by atoms with van der Waals surface area (Å²) in [5.74, 6) is 0.342. The van der Waals surface area contributed by atoms with Gasteiger partial charge in [-0.1, -0.05) is 5.16 Å². The van der Waals surface area contributed by atoms with Crippen molar-refractivity contribution in [2.24, 2.45) is 10.9 Å². The van der Waals surface area contributed by atoms with Crippen molar-refractivity contribution in [2.75, 3.05) is 24.6 Å². The van der Waals surface area contributed by atoms with Crippen LogP contribution in [0.15, 0.2) is 22.0 Å². The Hall–Kier alpha value is -1.70. The number of aromatic nitrogens is 2. The molecule has 1 aliphatic heterocycles. The van der Waals surface area contributed by atoms with E-state index in [9.17, 15) is 4.79 Å². The lowest BCUT2D eigenvalue weighted by Gasteiger charge is -2.27. The van der Waals surface area contributed by atoms with Gasteiger partial charge in [-0.3, -0.25) is 4.79 Å². The second-order valence-electron chi connectivity index (χ2n) is 4.40. The molecular weight excluding hydrogens is 326 g/mol. The number of oxime groups is 1. The smallest absolute Gasteiger partial charge is 0.225 e. The molecule has 2 heterocycles. The lowest BCUT2D eigenvalue weighted by molar-refractivity contribution is -0.119. The van der Waals surface area contributed by atoms with Gasteiger partial charge in [0, 0.05) is 38.3 Å². The van der Waals surface area contributed by atoms with Crippen molar-refractivity contribution in [1.82, 2.24) is 9.97 Å². The maximum Gasteiger partial charge on any atom is 0.225 e. The molecule has 108 valence electrons. The molecule has 1 saturated heterocycles. The number of carbonyl (C=O) groups excluding carboxylic acids is 1. The Bertz CT molecular complexity index is 481. The van der Waals surface area contributed by atoms with Gasteiger partial charge < -0.3 is 15.5 Å². The van der Waals surface area contributed by atoms with Gasteiger partial charge >= 0.3 is 0 Å². The molecule has 1 aliphatic rings. The molecule has 2 N–H and O–H groups in total. The highest BCUT2D eigenvalue weighted by atomic mass is 79.9. The predicted octanol–water partition coefficient (Wildman–Crippen LogP) is 1.09. The Morgan fingerprint density at radius 2 is 2.05 bits per heavy atom. The summed E-state index contributed by atoms with van der Waals surface area (Å²) in [6, 6.07) is 0. The fourth-order valence-electron chi connectivity index (χ4n) is 1.81. The number of hydrogen-bond donors (Lipinski definition) is 1. The van der Waals surface area contributed by atoms with Crippen LogP contribution in [0.2, 0.25) is 0 Å². The number of anilines is 1. The van der Waals surface area contributed by atoms with Gasteiger partial charge in [0.05, 0.1) is 16.6 Å². The molecular formula is C12H16BrN5O2. The standard InChI is InChI=1S/C12H16BrN5O2/c13-9-7-15-12(16-8-9)18-4-1-10(2-5-18)17-20-6-3-11(14)19/h7-8H,1-6H2,(H2,14,19). The summed E-state index contributed by atoms with van der Waals surface area (Å²) in [5.41, 5.74) is 6.00. The molecule has 0 unspecified atom stereocenters. The van der Waals surface area contributed by atoms with Crippen LogP contribution >= 0.6 is 15.9 Å². The molecule has 1 fully saturated rings. The number of halogens is 1. The molecule has 0 saturated carbocycles. The molecule has 1 amide bonds. The van der Waals surface area contributed by atoms with E-state index in [4.69, 9.17) is 10.6 Å². The molecule has 20 heavy (non-hydrogen) atoms. The Balaban J connectivity index is 1.78. The number of hydrogen-bond acceptors (Lipinski definition) is 6. The van der Waals surface area contributed by atoms with Crippen LogP contribution in [-0.4, -0.2) is 41.3 Å². The molecule has 0 spiro atoms. The van der Waals surface area contributed by atoms with Gasteiger partial charge in [-0.15, -0.1) is 0 Å². The quantitative estimate of drug-likeness (QED) is 0.639. The van der Waals surface area contributed by atoms with Crippen molar-refractivity contribution < 1.29 is 9.63 Å². The minimum absolute atomic E-state index is 0.190. The number of nitrogens with zero attached hydrogens (tertiary/aromatic N) is 4. The third-order valence-corrected chi connectivity index (χ3v) is 3.27. The first kappa shape index (κ1) is 14.7. The average Bonchev–Trinajstić information content (AvgIpc) is 2.45. The van der Waals surface area contributed by atoms with E-state index >= 15 is 0 Å². The minimum Gasteiger partial charge on any atom is -0.395 e. The zero-order chi connectivity index (χ0) is 14.4. The van der Waals surface area contributed by atoms with Gasteiger partial charge in [0.25, 0.3) is 0 Å². The van der Waals surface area contributed by atoms with Gasteiger partial charge in [0.15, 0.2) is 0 Å². The molecule has 1 aromatic rings. The highest BCUT2D eigenvalue weighted by Gasteiger charge is 2.17. The van der Waals surface area contributed by atoms with Crippen molar-refractivity contribution in [2.45, 2.75) is 19.3 Å². The molecule has 1 aromatic heterocycles. The monoisotopic (exact) mass is 341 g/mol. The van der Waals surface area contributed by atoms with E-state index in [1.165, 1.54) is 0 Å². The molecule has 0 bridgehead atoms. The summed E-state index contributed by atoms with van der Waals surface area (Å²) in [6.07, 6.45) is 5.26. The summed E-state index contributed by atoms with van der Waals surface area (Å²) in [4.78, 5) is 26.3. The minimum atomic E-state index is -0.382. The first-order valence-electron chi connectivity index (χ1n) is 6.33. The zero-order valence-corrected chi connectivity index (χ0v) is 12.5. The van der Waals surface area contributed by atoms with Crippen LogP contribution in [0, 0.1) is 0 Å². The first-order valence-corrected chi connectivity index (χ1v) is 7.13. The molecule has 0 aliphatic carbocycles. The van der Waals surface area contributed by atoms with E-state index in [0.717, 1.165) is 42.1 Å². The van der Waals surface area contributed by atoms with Crippen LogP contribution in [-0.2, 0) is 9.63 Å². The fraction of sp³-hybridized carbons (Fsp3) is 0.500. The maximum atomic E-state index is 10.5. The Morgan fingerprint density at radius 3 is 2.65 bits per heavy atom. The number of nitrogens with two attached hydrogens (primary N) is 1. The van der Waals surface area contributed by atoms with Crippen molar-refractivity contribution >= 4 is 33.5 Å². The van der Waals surface area contributed by atoms with Crippen molar-refractivity contribution in [1.29, 1.82) is 0 Å². The fourth-order valence-corrected chi connectivity index (χ4v) is 2.01. The van der Waals surface area contributed by atoms with Crippen molar-refractivity contribution in [3.05, 3.63) is 16.9 Å². The summed E-state index contributed by atoms with van der Waals surface area (Å²) in [6.45, 7) is 1.84. The van der Waals surface area contributed by atoms with E-state index in [2.05, 4.69) is 36.0 Å². The van der Waals surface area contributed by atoms with Gasteiger partial charge in [-0.25, -0.2) is 9.97 Å². The van der Waals surface area contributed by atoms with E-state index < -0.39 is 0 Å². The van der Waals surface area contributed by atoms with E-state index in [0.29, 0.717) is 0 Å². The topological polar surface area (TPSA) is 93.7 Å². The van der Waals surface area contributed by atoms with Crippen LogP contribution in [0.25, 0.3) is 0 Å². The highest BCUT2D eigenvalue weighted by molar-refractivity contribution is 9.10. The lowest BCUT2D eigenvalue weighted by atomic mass is 10.1. The molecule has 7 nitrogen and oxygen atoms in total. The van der Waals surface area contributed by atoms with Crippen molar-refractivity contribution in [3.8, 4) is 0 Å². The molecule has 8 heteroatoms. The van der Waals surface area contributed by atoms with E-state index in [1.54, 1.807) is 12.4 Å². The Morgan fingerprint density at radius 1 is 1.40 bits per heavy atom.